The number of benzene rings is 1. The Labute approximate surface area is 78.2 Å². The predicted octanol–water partition coefficient (Wildman–Crippen LogP) is 2.55. The fraction of sp³-hybridized carbons (Fsp3) is 0. The second kappa shape index (κ2) is 5.15. The van der Waals surface area contributed by atoms with Crippen LogP contribution in [0.15, 0.2) is 36.9 Å². The molecule has 1 N–H and O–H groups in total. The third kappa shape index (κ3) is 2.82. The molecule has 0 aliphatic carbocycles. The monoisotopic (exact) mass is 204 g/mol. The summed E-state index contributed by atoms with van der Waals surface area (Å²) in [6, 6.07) is 9.00. The van der Waals surface area contributed by atoms with Crippen LogP contribution in [-0.4, -0.2) is 4.89 Å². The van der Waals surface area contributed by atoms with E-state index < -0.39 is 8.03 Å². The lowest BCUT2D eigenvalue weighted by molar-refractivity contribution is 0.514. The van der Waals surface area contributed by atoms with Gasteiger partial charge in [0.25, 0.3) is 0 Å². The third-order valence-electron chi connectivity index (χ3n) is 1.38. The average Bonchev–Trinajstić information content (AvgIpc) is 2.05. The molecular weight excluding hydrogens is 195 g/mol. The highest BCUT2D eigenvalue weighted by atomic mass is 35.5. The van der Waals surface area contributed by atoms with E-state index in [0.29, 0.717) is 5.31 Å². The summed E-state index contributed by atoms with van der Waals surface area (Å²) in [5.74, 6) is 0. The van der Waals surface area contributed by atoms with E-state index in [1.165, 1.54) is 0 Å². The van der Waals surface area contributed by atoms with E-state index in [0.717, 1.165) is 5.56 Å². The molecule has 66 valence electrons. The van der Waals surface area contributed by atoms with Gasteiger partial charge in [0.15, 0.2) is 0 Å². The lowest BCUT2D eigenvalue weighted by atomic mass is 10.2. The van der Waals surface area contributed by atoms with Gasteiger partial charge in [0, 0.05) is 5.31 Å². The van der Waals surface area contributed by atoms with Crippen molar-refractivity contribution in [2.45, 2.75) is 0 Å². The van der Waals surface area contributed by atoms with E-state index in [1.807, 2.05) is 18.2 Å². The van der Waals surface area contributed by atoms with Crippen molar-refractivity contribution < 1.29 is 9.46 Å². The molecule has 1 aromatic rings. The van der Waals surface area contributed by atoms with Crippen LogP contribution in [0.4, 0.5) is 0 Å². The minimum Gasteiger partial charge on any atom is -0.343 e. The molecule has 0 radical (unpaired) electrons. The van der Waals surface area contributed by atoms with Gasteiger partial charge in [-0.05, 0) is 5.56 Å². The van der Waals surface area contributed by atoms with Gasteiger partial charge in [0.05, 0.1) is 0 Å². The zero-order valence-corrected chi connectivity index (χ0v) is 8.17. The molecule has 0 spiro atoms. The summed E-state index contributed by atoms with van der Waals surface area (Å²) < 4.78 is 10.6. The van der Waals surface area contributed by atoms with Gasteiger partial charge >= 0.3 is 0 Å². The smallest absolute Gasteiger partial charge is 0.218 e. The highest BCUT2D eigenvalue weighted by molar-refractivity contribution is 7.50. The van der Waals surface area contributed by atoms with E-state index in [4.69, 9.17) is 4.89 Å². The van der Waals surface area contributed by atoms with Crippen LogP contribution in [0.3, 0.4) is 0 Å². The molecule has 4 heteroatoms. The molecule has 0 heterocycles. The molecule has 12 heavy (non-hydrogen) atoms. The highest BCUT2D eigenvalue weighted by Crippen LogP contribution is 2.33. The summed E-state index contributed by atoms with van der Waals surface area (Å²) >= 11 is 0. The van der Waals surface area contributed by atoms with Crippen molar-refractivity contribution in [1.82, 2.24) is 0 Å². The van der Waals surface area contributed by atoms with Gasteiger partial charge in [-0.2, -0.15) is 0 Å². The van der Waals surface area contributed by atoms with E-state index in [1.54, 1.807) is 12.1 Å². The molecule has 1 atom stereocenters. The Morgan fingerprint density at radius 2 is 1.83 bits per heavy atom. The lowest BCUT2D eigenvalue weighted by Crippen LogP contribution is -1.74. The van der Waals surface area contributed by atoms with Crippen LogP contribution < -0.4 is 0 Å². The Kier molecular flexibility index (Phi) is 4.91. The molecule has 0 saturated carbocycles. The van der Waals surface area contributed by atoms with Gasteiger partial charge in [0.1, 0.15) is 0 Å². The molecule has 1 rings (SSSR count). The van der Waals surface area contributed by atoms with Crippen molar-refractivity contribution in [3.8, 4) is 0 Å². The van der Waals surface area contributed by atoms with Crippen LogP contribution in [0, 0.1) is 0 Å². The maximum Gasteiger partial charge on any atom is 0.218 e. The van der Waals surface area contributed by atoms with Crippen molar-refractivity contribution in [3.63, 3.8) is 0 Å². The summed E-state index contributed by atoms with van der Waals surface area (Å²) in [6.07, 6.45) is 0. The van der Waals surface area contributed by atoms with Crippen molar-refractivity contribution in [2.75, 3.05) is 0 Å². The topological polar surface area (TPSA) is 37.3 Å². The minimum absolute atomic E-state index is 0. The van der Waals surface area contributed by atoms with Gasteiger partial charge in [-0.15, -0.1) is 12.4 Å². The zero-order valence-electron chi connectivity index (χ0n) is 6.36. The van der Waals surface area contributed by atoms with E-state index >= 15 is 0 Å². The molecular formula is C8H10ClO2P. The number of rotatable bonds is 2. The van der Waals surface area contributed by atoms with Crippen molar-refractivity contribution in [3.05, 3.63) is 42.5 Å². The van der Waals surface area contributed by atoms with Gasteiger partial charge in [-0.1, -0.05) is 36.9 Å². The Morgan fingerprint density at radius 3 is 2.25 bits per heavy atom. The van der Waals surface area contributed by atoms with Crippen LogP contribution in [0.25, 0.3) is 5.31 Å². The van der Waals surface area contributed by atoms with Gasteiger partial charge in [-0.3, -0.25) is 4.57 Å². The third-order valence-corrected chi connectivity index (χ3v) is 2.19. The Balaban J connectivity index is 0.00000121. The van der Waals surface area contributed by atoms with E-state index in [-0.39, 0.29) is 12.4 Å². The van der Waals surface area contributed by atoms with Crippen LogP contribution in [-0.2, 0) is 4.57 Å². The molecule has 0 fully saturated rings. The molecule has 0 bridgehead atoms. The standard InChI is InChI=1S/C8H9O2P.ClH/c1-7(11(9)10)8-5-3-2-4-6-8;/h2-6,11H,1H2,(H,9,10);1H. The Bertz CT molecular complexity index is 284. The molecule has 0 amide bonds. The molecule has 0 aliphatic heterocycles. The highest BCUT2D eigenvalue weighted by Gasteiger charge is 2.01. The summed E-state index contributed by atoms with van der Waals surface area (Å²) in [5.41, 5.74) is 0.735. The first kappa shape index (κ1) is 11.4. The second-order valence-electron chi connectivity index (χ2n) is 2.15. The number of hydrogen-bond acceptors (Lipinski definition) is 1. The summed E-state index contributed by atoms with van der Waals surface area (Å²) in [7, 11) is -2.61. The average molecular weight is 205 g/mol. The van der Waals surface area contributed by atoms with Crippen LogP contribution in [0.5, 0.6) is 0 Å². The Hall–Kier alpha value is -0.560. The maximum absolute atomic E-state index is 10.6. The second-order valence-corrected chi connectivity index (χ2v) is 3.36. The molecule has 1 unspecified atom stereocenters. The van der Waals surface area contributed by atoms with Crippen molar-refractivity contribution in [1.29, 1.82) is 0 Å². The fourth-order valence-corrected chi connectivity index (χ4v) is 1.18. The number of hydrogen-bond donors (Lipinski definition) is 1. The largest absolute Gasteiger partial charge is 0.343 e. The summed E-state index contributed by atoms with van der Waals surface area (Å²) in [5, 5.41) is 0.315. The molecule has 0 aliphatic rings. The lowest BCUT2D eigenvalue weighted by Gasteiger charge is -1.98. The SMILES string of the molecule is C=C(c1ccccc1)[PH](=O)O.Cl. The summed E-state index contributed by atoms with van der Waals surface area (Å²) in [4.78, 5) is 8.72. The molecule has 0 saturated heterocycles. The quantitative estimate of drug-likeness (QED) is 0.752. The minimum atomic E-state index is -2.61. The van der Waals surface area contributed by atoms with Crippen LogP contribution >= 0.6 is 20.4 Å². The fourth-order valence-electron chi connectivity index (χ4n) is 0.763. The molecule has 0 aromatic heterocycles. The Morgan fingerprint density at radius 1 is 1.33 bits per heavy atom. The van der Waals surface area contributed by atoms with E-state index in [2.05, 4.69) is 6.58 Å². The van der Waals surface area contributed by atoms with Gasteiger partial charge in [-0.25, -0.2) is 0 Å². The normalized spacial score (nSPS) is 11.4. The number of halogens is 1. The molecule has 2 nitrogen and oxygen atoms in total. The maximum atomic E-state index is 10.6. The molecule has 1 aromatic carbocycles. The predicted molar refractivity (Wildman–Crippen MR) is 53.9 cm³/mol. The van der Waals surface area contributed by atoms with Gasteiger partial charge < -0.3 is 4.89 Å². The van der Waals surface area contributed by atoms with Gasteiger partial charge in [0.2, 0.25) is 8.03 Å². The first-order valence-electron chi connectivity index (χ1n) is 3.19. The van der Waals surface area contributed by atoms with E-state index in [9.17, 15) is 4.57 Å². The summed E-state index contributed by atoms with van der Waals surface area (Å²) in [6.45, 7) is 3.51. The van der Waals surface area contributed by atoms with Crippen molar-refractivity contribution in [2.24, 2.45) is 0 Å². The van der Waals surface area contributed by atoms with Crippen LogP contribution in [0.2, 0.25) is 0 Å². The first-order valence-corrected chi connectivity index (χ1v) is 4.55. The van der Waals surface area contributed by atoms with Crippen molar-refractivity contribution >= 4 is 25.7 Å². The van der Waals surface area contributed by atoms with Crippen LogP contribution in [0.1, 0.15) is 5.56 Å². The zero-order chi connectivity index (χ0) is 8.27. The first-order chi connectivity index (χ1) is 5.22.